The lowest BCUT2D eigenvalue weighted by Crippen LogP contribution is -2.40. The molecule has 0 aliphatic rings. The molecule has 0 aromatic heterocycles. The van der Waals surface area contributed by atoms with E-state index in [-0.39, 0.29) is 0 Å². The lowest BCUT2D eigenvalue weighted by molar-refractivity contribution is 0.113. The van der Waals surface area contributed by atoms with Crippen molar-refractivity contribution in [2.75, 3.05) is 13.2 Å². The lowest BCUT2D eigenvalue weighted by atomic mass is 10.2. The van der Waals surface area contributed by atoms with Gasteiger partial charge in [0.05, 0.1) is 6.61 Å². The molecule has 0 saturated heterocycles. The summed E-state index contributed by atoms with van der Waals surface area (Å²) in [6.07, 6.45) is 2.16. The van der Waals surface area contributed by atoms with Gasteiger partial charge in [-0.2, -0.15) is 0 Å². The maximum atomic E-state index is 6.14. The Kier molecular flexibility index (Phi) is 6.93. The molecule has 3 heteroatoms. The normalized spacial score (nSPS) is 12.7. The van der Waals surface area contributed by atoms with Crippen molar-refractivity contribution >= 4 is 8.32 Å². The Morgan fingerprint density at radius 1 is 0.950 bits per heavy atom. The maximum Gasteiger partial charge on any atom is 0.191 e. The van der Waals surface area contributed by atoms with E-state index in [1.54, 1.807) is 0 Å². The Morgan fingerprint density at radius 2 is 1.55 bits per heavy atom. The van der Waals surface area contributed by atoms with Crippen LogP contribution >= 0.6 is 0 Å². The maximum absolute atomic E-state index is 6.14. The molecular formula is C17H30O2Si. The molecule has 0 unspecified atom stereocenters. The van der Waals surface area contributed by atoms with Gasteiger partial charge >= 0.3 is 0 Å². The van der Waals surface area contributed by atoms with Crippen LogP contribution in [0.3, 0.4) is 0 Å². The van der Waals surface area contributed by atoms with Gasteiger partial charge in [0, 0.05) is 13.2 Å². The van der Waals surface area contributed by atoms with Crippen LogP contribution in [-0.4, -0.2) is 21.5 Å². The van der Waals surface area contributed by atoms with Gasteiger partial charge in [-0.3, -0.25) is 0 Å². The van der Waals surface area contributed by atoms with Crippen molar-refractivity contribution in [2.24, 2.45) is 0 Å². The third-order valence-corrected chi connectivity index (χ3v) is 8.60. The van der Waals surface area contributed by atoms with Crippen LogP contribution in [0.15, 0.2) is 30.3 Å². The SMILES string of the molecule is CC(C)(C)[Si](C)(C)OCCCCOCc1ccccc1. The summed E-state index contributed by atoms with van der Waals surface area (Å²) in [5, 5.41) is 0.302. The summed E-state index contributed by atoms with van der Waals surface area (Å²) in [4.78, 5) is 0. The Balaban J connectivity index is 2.06. The average molecular weight is 295 g/mol. The monoisotopic (exact) mass is 294 g/mol. The Morgan fingerprint density at radius 3 is 2.15 bits per heavy atom. The van der Waals surface area contributed by atoms with Crippen LogP contribution in [0.2, 0.25) is 18.1 Å². The molecule has 2 nitrogen and oxygen atoms in total. The number of hydrogen-bond donors (Lipinski definition) is 0. The molecule has 0 heterocycles. The number of benzene rings is 1. The second-order valence-electron chi connectivity index (χ2n) is 6.85. The van der Waals surface area contributed by atoms with Crippen molar-refractivity contribution in [3.8, 4) is 0 Å². The highest BCUT2D eigenvalue weighted by molar-refractivity contribution is 6.74. The highest BCUT2D eigenvalue weighted by atomic mass is 28.4. The number of unbranched alkanes of at least 4 members (excludes halogenated alkanes) is 1. The summed E-state index contributed by atoms with van der Waals surface area (Å²) in [5.74, 6) is 0. The first kappa shape index (κ1) is 17.4. The predicted octanol–water partition coefficient (Wildman–Crippen LogP) is 5.01. The minimum Gasteiger partial charge on any atom is -0.417 e. The summed E-state index contributed by atoms with van der Waals surface area (Å²) in [7, 11) is -1.57. The van der Waals surface area contributed by atoms with E-state index in [9.17, 15) is 0 Å². The Labute approximate surface area is 125 Å². The van der Waals surface area contributed by atoms with E-state index in [4.69, 9.17) is 9.16 Å². The van der Waals surface area contributed by atoms with Crippen molar-refractivity contribution in [1.29, 1.82) is 0 Å². The molecule has 1 aromatic rings. The van der Waals surface area contributed by atoms with Gasteiger partial charge in [0.15, 0.2) is 8.32 Å². The van der Waals surface area contributed by atoms with E-state index in [2.05, 4.69) is 46.0 Å². The quantitative estimate of drug-likeness (QED) is 0.496. The van der Waals surface area contributed by atoms with Gasteiger partial charge in [-0.1, -0.05) is 51.1 Å². The summed E-state index contributed by atoms with van der Waals surface area (Å²) < 4.78 is 11.8. The van der Waals surface area contributed by atoms with Crippen molar-refractivity contribution < 1.29 is 9.16 Å². The predicted molar refractivity (Wildman–Crippen MR) is 88.5 cm³/mol. The third-order valence-electron chi connectivity index (χ3n) is 4.06. The number of ether oxygens (including phenoxy) is 1. The molecular weight excluding hydrogens is 264 g/mol. The topological polar surface area (TPSA) is 18.5 Å². The fraction of sp³-hybridized carbons (Fsp3) is 0.647. The summed E-state index contributed by atoms with van der Waals surface area (Å²) in [6.45, 7) is 13.8. The summed E-state index contributed by atoms with van der Waals surface area (Å²) >= 11 is 0. The number of rotatable bonds is 8. The zero-order chi connectivity index (χ0) is 15.1. The van der Waals surface area contributed by atoms with Crippen LogP contribution in [-0.2, 0) is 15.8 Å². The minimum atomic E-state index is -1.57. The highest BCUT2D eigenvalue weighted by Crippen LogP contribution is 2.36. The summed E-state index contributed by atoms with van der Waals surface area (Å²) in [5.41, 5.74) is 1.24. The smallest absolute Gasteiger partial charge is 0.191 e. The van der Waals surface area contributed by atoms with Crippen molar-refractivity contribution in [3.63, 3.8) is 0 Å². The first-order chi connectivity index (χ1) is 9.33. The number of hydrogen-bond acceptors (Lipinski definition) is 2. The van der Waals surface area contributed by atoms with E-state index in [0.29, 0.717) is 11.6 Å². The van der Waals surface area contributed by atoms with Crippen molar-refractivity contribution in [2.45, 2.75) is 58.4 Å². The van der Waals surface area contributed by atoms with E-state index < -0.39 is 8.32 Å². The minimum absolute atomic E-state index is 0.302. The average Bonchev–Trinajstić information content (AvgIpc) is 2.37. The van der Waals surface area contributed by atoms with E-state index in [1.807, 2.05) is 18.2 Å². The highest BCUT2D eigenvalue weighted by Gasteiger charge is 2.36. The molecule has 0 saturated carbocycles. The lowest BCUT2D eigenvalue weighted by Gasteiger charge is -2.36. The van der Waals surface area contributed by atoms with Crippen LogP contribution in [0, 0.1) is 0 Å². The molecule has 1 rings (SSSR count). The summed E-state index contributed by atoms with van der Waals surface area (Å²) in [6, 6.07) is 10.3. The fourth-order valence-electron chi connectivity index (χ4n) is 1.61. The molecule has 0 radical (unpaired) electrons. The van der Waals surface area contributed by atoms with Crippen molar-refractivity contribution in [3.05, 3.63) is 35.9 Å². The zero-order valence-electron chi connectivity index (χ0n) is 13.7. The third kappa shape index (κ3) is 6.20. The van der Waals surface area contributed by atoms with Gasteiger partial charge in [0.25, 0.3) is 0 Å². The molecule has 1 aromatic carbocycles. The van der Waals surface area contributed by atoms with E-state index >= 15 is 0 Å². The van der Waals surface area contributed by atoms with E-state index in [1.165, 1.54) is 5.56 Å². The van der Waals surface area contributed by atoms with Gasteiger partial charge < -0.3 is 9.16 Å². The molecule has 0 fully saturated rings. The van der Waals surface area contributed by atoms with Gasteiger partial charge in [-0.05, 0) is 36.5 Å². The fourth-order valence-corrected chi connectivity index (χ4v) is 2.70. The first-order valence-corrected chi connectivity index (χ1v) is 10.5. The van der Waals surface area contributed by atoms with Gasteiger partial charge in [-0.25, -0.2) is 0 Å². The van der Waals surface area contributed by atoms with Gasteiger partial charge in [-0.15, -0.1) is 0 Å². The van der Waals surface area contributed by atoms with Crippen molar-refractivity contribution in [1.82, 2.24) is 0 Å². The molecule has 0 bridgehead atoms. The van der Waals surface area contributed by atoms with Crippen LogP contribution in [0.25, 0.3) is 0 Å². The zero-order valence-corrected chi connectivity index (χ0v) is 14.7. The van der Waals surface area contributed by atoms with Crippen LogP contribution in [0.4, 0.5) is 0 Å². The van der Waals surface area contributed by atoms with Gasteiger partial charge in [0.1, 0.15) is 0 Å². The Bertz CT molecular complexity index is 368. The molecule has 114 valence electrons. The molecule has 0 atom stereocenters. The molecule has 0 aliphatic heterocycles. The second-order valence-corrected chi connectivity index (χ2v) is 11.7. The standard InChI is InChI=1S/C17H30O2Si/c1-17(2,3)20(4,5)19-14-10-9-13-18-15-16-11-7-6-8-12-16/h6-8,11-12H,9-10,13-15H2,1-5H3. The molecule has 0 N–H and O–H groups in total. The first-order valence-electron chi connectivity index (χ1n) is 7.58. The molecule has 0 spiro atoms. The van der Waals surface area contributed by atoms with Crippen LogP contribution in [0.5, 0.6) is 0 Å². The largest absolute Gasteiger partial charge is 0.417 e. The molecule has 0 amide bonds. The molecule has 20 heavy (non-hydrogen) atoms. The van der Waals surface area contributed by atoms with E-state index in [0.717, 1.165) is 26.1 Å². The van der Waals surface area contributed by atoms with Crippen LogP contribution < -0.4 is 0 Å². The second kappa shape index (κ2) is 7.96. The van der Waals surface area contributed by atoms with Gasteiger partial charge in [0.2, 0.25) is 0 Å². The van der Waals surface area contributed by atoms with Crippen LogP contribution in [0.1, 0.15) is 39.2 Å². The molecule has 0 aliphatic carbocycles. The Hall–Kier alpha value is -0.643.